The standard InChI is InChI=1S/C19H18ClNO2S.C19H17NO2S/c1-4-21-17(10-12(3)22)24-16-8-7-15(23)18(19(16)21)13-9-11(2)5-6-14(13)20;1-4-20-17(10-12(3)21)23-16-8-7-15-18(19(16)20)13-9-11(2)5-6-14(13)22-15/h5-10,23H,4H2,1-3H3;5-10H,4H2,1-3H3/b2*17-10-. The lowest BCUT2D eigenvalue weighted by Crippen LogP contribution is -2.18. The molecule has 2 aliphatic heterocycles. The van der Waals surface area contributed by atoms with Gasteiger partial charge in [0.25, 0.3) is 0 Å². The molecule has 6 nitrogen and oxygen atoms in total. The zero-order valence-electron chi connectivity index (χ0n) is 27.1. The number of phenols is 1. The van der Waals surface area contributed by atoms with Gasteiger partial charge in [0, 0.05) is 56.6 Å². The topological polar surface area (TPSA) is 74.0 Å². The normalized spacial score (nSPS) is 15.4. The number of allylic oxidation sites excluding steroid dienone is 2. The Morgan fingerprint density at radius 2 is 1.34 bits per heavy atom. The highest BCUT2D eigenvalue weighted by Gasteiger charge is 2.31. The fourth-order valence-corrected chi connectivity index (χ4v) is 8.71. The van der Waals surface area contributed by atoms with Gasteiger partial charge in [-0.15, -0.1) is 0 Å². The van der Waals surface area contributed by atoms with Crippen LogP contribution < -0.4 is 9.80 Å². The summed E-state index contributed by atoms with van der Waals surface area (Å²) in [5, 5.41) is 15.3. The number of thioether (sulfide) groups is 2. The van der Waals surface area contributed by atoms with Gasteiger partial charge in [-0.3, -0.25) is 9.59 Å². The molecule has 7 rings (SSSR count). The second-order valence-electron chi connectivity index (χ2n) is 11.6. The third kappa shape index (κ3) is 6.18. The van der Waals surface area contributed by atoms with Gasteiger partial charge in [0.05, 0.1) is 26.8 Å². The molecule has 0 atom stereocenters. The summed E-state index contributed by atoms with van der Waals surface area (Å²) in [5.41, 5.74) is 7.66. The van der Waals surface area contributed by atoms with Crippen LogP contribution in [0.3, 0.4) is 0 Å². The largest absolute Gasteiger partial charge is 0.507 e. The van der Waals surface area contributed by atoms with Crippen LogP contribution in [0.5, 0.6) is 5.75 Å². The molecule has 1 aromatic heterocycles. The quantitative estimate of drug-likeness (QED) is 0.184. The average molecular weight is 683 g/mol. The highest BCUT2D eigenvalue weighted by atomic mass is 35.5. The van der Waals surface area contributed by atoms with Crippen LogP contribution in [0.2, 0.25) is 5.02 Å². The molecule has 0 radical (unpaired) electrons. The van der Waals surface area contributed by atoms with Gasteiger partial charge in [0.15, 0.2) is 11.6 Å². The van der Waals surface area contributed by atoms with Crippen molar-refractivity contribution >= 4 is 80.0 Å². The van der Waals surface area contributed by atoms with Gasteiger partial charge >= 0.3 is 0 Å². The van der Waals surface area contributed by atoms with E-state index in [0.29, 0.717) is 17.1 Å². The molecule has 0 spiro atoms. The number of carbonyl (C=O) groups is 2. The highest BCUT2D eigenvalue weighted by molar-refractivity contribution is 8.04. The minimum atomic E-state index is 0.00289. The third-order valence-electron chi connectivity index (χ3n) is 8.02. The number of anilines is 2. The summed E-state index contributed by atoms with van der Waals surface area (Å²) in [5.74, 6) is 0.260. The number of phenolic OH excluding ortho intramolecular Hbond substituents is 1. The second-order valence-corrected chi connectivity index (χ2v) is 14.1. The first kappa shape index (κ1) is 32.8. The zero-order valence-corrected chi connectivity index (χ0v) is 29.5. The fourth-order valence-electron chi connectivity index (χ4n) is 6.05. The van der Waals surface area contributed by atoms with Crippen LogP contribution >= 0.6 is 35.1 Å². The van der Waals surface area contributed by atoms with Crippen LogP contribution in [-0.4, -0.2) is 29.8 Å². The van der Waals surface area contributed by atoms with Crippen molar-refractivity contribution in [1.29, 1.82) is 0 Å². The first-order valence-corrected chi connectivity index (χ1v) is 17.4. The van der Waals surface area contributed by atoms with Crippen molar-refractivity contribution in [3.8, 4) is 16.9 Å². The summed E-state index contributed by atoms with van der Waals surface area (Å²) < 4.78 is 6.02. The van der Waals surface area contributed by atoms with Crippen molar-refractivity contribution in [2.75, 3.05) is 22.9 Å². The van der Waals surface area contributed by atoms with Crippen LogP contribution in [0.15, 0.2) is 97.1 Å². The van der Waals surface area contributed by atoms with Crippen LogP contribution in [0.25, 0.3) is 33.1 Å². The SMILES string of the molecule is CCN1/C(=C/C(C)=O)Sc2ccc(O)c(-c3cc(C)ccc3Cl)c21.CCN1/C(=C/C(C)=O)Sc2ccc3oc4ccc(C)cc4c3c21. The number of aryl methyl sites for hydroxylation is 2. The lowest BCUT2D eigenvalue weighted by Gasteiger charge is -2.22. The van der Waals surface area contributed by atoms with Crippen molar-refractivity contribution in [2.45, 2.75) is 51.3 Å². The van der Waals surface area contributed by atoms with Crippen molar-refractivity contribution in [3.05, 3.63) is 99.0 Å². The Hall–Kier alpha value is -4.11. The molecule has 47 heavy (non-hydrogen) atoms. The Bertz CT molecular complexity index is 2150. The Morgan fingerprint density at radius 1 is 0.787 bits per heavy atom. The number of ketones is 2. The van der Waals surface area contributed by atoms with Crippen molar-refractivity contribution in [2.24, 2.45) is 0 Å². The summed E-state index contributed by atoms with van der Waals surface area (Å²) in [7, 11) is 0. The van der Waals surface area contributed by atoms with E-state index < -0.39 is 0 Å². The summed E-state index contributed by atoms with van der Waals surface area (Å²) in [4.78, 5) is 29.5. The molecule has 0 fully saturated rings. The Kier molecular flexibility index (Phi) is 9.20. The molecule has 1 N–H and O–H groups in total. The average Bonchev–Trinajstić information content (AvgIpc) is 3.68. The zero-order chi connectivity index (χ0) is 33.6. The van der Waals surface area contributed by atoms with Gasteiger partial charge in [0.2, 0.25) is 0 Å². The lowest BCUT2D eigenvalue weighted by molar-refractivity contribution is -0.113. The first-order chi connectivity index (χ1) is 22.5. The van der Waals surface area contributed by atoms with E-state index in [4.69, 9.17) is 16.0 Å². The van der Waals surface area contributed by atoms with Crippen LogP contribution in [0.4, 0.5) is 11.4 Å². The molecule has 0 saturated carbocycles. The Labute approximate surface area is 288 Å². The Balaban J connectivity index is 0.000000164. The smallest absolute Gasteiger partial charge is 0.155 e. The van der Waals surface area contributed by atoms with Crippen LogP contribution in [-0.2, 0) is 9.59 Å². The van der Waals surface area contributed by atoms with Crippen LogP contribution in [0.1, 0.15) is 38.8 Å². The number of nitrogens with zero attached hydrogens (tertiary/aromatic N) is 2. The number of fused-ring (bicyclic) bond motifs is 6. The highest BCUT2D eigenvalue weighted by Crippen LogP contribution is 2.54. The predicted molar refractivity (Wildman–Crippen MR) is 197 cm³/mol. The molecule has 2 aliphatic rings. The third-order valence-corrected chi connectivity index (χ3v) is 10.5. The van der Waals surface area contributed by atoms with Crippen molar-refractivity contribution in [1.82, 2.24) is 0 Å². The molecule has 3 heterocycles. The minimum absolute atomic E-state index is 0.00289. The molecule has 4 aromatic carbocycles. The molecule has 0 amide bonds. The van der Waals surface area contributed by atoms with E-state index in [1.54, 1.807) is 43.8 Å². The summed E-state index contributed by atoms with van der Waals surface area (Å²) in [6, 6.07) is 19.7. The molecule has 0 unspecified atom stereocenters. The number of halogens is 1. The number of hydrogen-bond acceptors (Lipinski definition) is 8. The van der Waals surface area contributed by atoms with E-state index in [1.165, 1.54) is 22.2 Å². The van der Waals surface area contributed by atoms with E-state index in [9.17, 15) is 14.7 Å². The first-order valence-electron chi connectivity index (χ1n) is 15.4. The molecule has 5 aromatic rings. The van der Waals surface area contributed by atoms with Crippen molar-refractivity contribution in [3.63, 3.8) is 0 Å². The number of benzene rings is 4. The second kappa shape index (κ2) is 13.2. The molecule has 0 aliphatic carbocycles. The number of rotatable bonds is 5. The fraction of sp³-hybridized carbons (Fsp3) is 0.211. The molecule has 9 heteroatoms. The van der Waals surface area contributed by atoms with Gasteiger partial charge in [-0.25, -0.2) is 0 Å². The number of furan rings is 1. The van der Waals surface area contributed by atoms with Gasteiger partial charge in [-0.2, -0.15) is 0 Å². The number of hydrogen-bond donors (Lipinski definition) is 1. The number of aromatic hydroxyl groups is 1. The summed E-state index contributed by atoms with van der Waals surface area (Å²) in [6.45, 7) is 12.9. The van der Waals surface area contributed by atoms with E-state index >= 15 is 0 Å². The van der Waals surface area contributed by atoms with Gasteiger partial charge in [-0.05, 0) is 90.1 Å². The lowest BCUT2D eigenvalue weighted by atomic mass is 9.99. The number of carbonyl (C=O) groups excluding carboxylic acids is 2. The molecular weight excluding hydrogens is 648 g/mol. The maximum Gasteiger partial charge on any atom is 0.155 e. The van der Waals surface area contributed by atoms with Crippen molar-refractivity contribution < 1.29 is 19.1 Å². The Morgan fingerprint density at radius 3 is 1.98 bits per heavy atom. The van der Waals surface area contributed by atoms with E-state index in [0.717, 1.165) is 65.9 Å². The minimum Gasteiger partial charge on any atom is -0.507 e. The maximum atomic E-state index is 11.5. The van der Waals surface area contributed by atoms with Gasteiger partial charge in [0.1, 0.15) is 16.9 Å². The predicted octanol–water partition coefficient (Wildman–Crippen LogP) is 10.6. The van der Waals surface area contributed by atoms with Gasteiger partial charge in [-0.1, -0.05) is 58.4 Å². The van der Waals surface area contributed by atoms with E-state index in [-0.39, 0.29) is 17.3 Å². The van der Waals surface area contributed by atoms with E-state index in [1.807, 2.05) is 50.2 Å². The monoisotopic (exact) mass is 682 g/mol. The maximum absolute atomic E-state index is 11.5. The summed E-state index contributed by atoms with van der Waals surface area (Å²) in [6.07, 6.45) is 3.35. The van der Waals surface area contributed by atoms with Crippen LogP contribution in [0, 0.1) is 13.8 Å². The molecule has 0 bridgehead atoms. The molecule has 0 saturated heterocycles. The van der Waals surface area contributed by atoms with E-state index in [2.05, 4.69) is 41.8 Å². The molecule has 240 valence electrons. The van der Waals surface area contributed by atoms with Gasteiger partial charge < -0.3 is 19.3 Å². The molecular formula is C38H35ClN2O4S2. The summed E-state index contributed by atoms with van der Waals surface area (Å²) >= 11 is 9.60.